The second-order valence-corrected chi connectivity index (χ2v) is 6.13. The Hall–Kier alpha value is -3.20. The van der Waals surface area contributed by atoms with Crippen LogP contribution in [0.1, 0.15) is 58.2 Å². The van der Waals surface area contributed by atoms with Crippen LogP contribution in [0.3, 0.4) is 0 Å². The Kier molecular flexibility index (Phi) is 4.99. The van der Waals surface area contributed by atoms with E-state index in [0.29, 0.717) is 48.4 Å². The number of ether oxygens (including phenoxy) is 1. The molecule has 0 saturated carbocycles. The van der Waals surface area contributed by atoms with Gasteiger partial charge in [-0.15, -0.1) is 0 Å². The van der Waals surface area contributed by atoms with Gasteiger partial charge in [0.05, 0.1) is 12.2 Å². The van der Waals surface area contributed by atoms with Gasteiger partial charge < -0.3 is 4.74 Å². The smallest absolute Gasteiger partial charge is 0.338 e. The van der Waals surface area contributed by atoms with Crippen molar-refractivity contribution in [2.45, 2.75) is 32.6 Å². The summed E-state index contributed by atoms with van der Waals surface area (Å²) >= 11 is 0. The lowest BCUT2D eigenvalue weighted by atomic mass is 9.93. The number of nitrogens with zero attached hydrogens (tertiary/aromatic N) is 2. The standard InChI is InChI=1S/C20H18N2O4/c1-2-10-26-20(25)13-6-8-15(9-7-13)22-17-4-3-5-18(23)16(17)11-14(12-21)19(22)24/h6-9,11H,2-5,10H2,1H3. The molecule has 0 saturated heterocycles. The van der Waals surface area contributed by atoms with Crippen LogP contribution in [-0.2, 0) is 11.2 Å². The van der Waals surface area contributed by atoms with Gasteiger partial charge in [-0.2, -0.15) is 5.26 Å². The van der Waals surface area contributed by atoms with Gasteiger partial charge in [0.2, 0.25) is 0 Å². The van der Waals surface area contributed by atoms with Gasteiger partial charge >= 0.3 is 5.97 Å². The highest BCUT2D eigenvalue weighted by Crippen LogP contribution is 2.23. The molecule has 0 atom stereocenters. The molecule has 0 radical (unpaired) electrons. The molecule has 2 aromatic rings. The van der Waals surface area contributed by atoms with Crippen molar-refractivity contribution >= 4 is 11.8 Å². The van der Waals surface area contributed by atoms with Crippen LogP contribution in [0.5, 0.6) is 0 Å². The van der Waals surface area contributed by atoms with E-state index in [1.165, 1.54) is 10.6 Å². The predicted molar refractivity (Wildman–Crippen MR) is 94.6 cm³/mol. The van der Waals surface area contributed by atoms with Crippen molar-refractivity contribution in [3.63, 3.8) is 0 Å². The molecule has 0 unspecified atom stereocenters. The summed E-state index contributed by atoms with van der Waals surface area (Å²) in [5.41, 5.74) is 1.43. The van der Waals surface area contributed by atoms with Crippen molar-refractivity contribution in [3.05, 3.63) is 63.1 Å². The van der Waals surface area contributed by atoms with Gasteiger partial charge in [0, 0.05) is 23.4 Å². The number of esters is 1. The number of benzene rings is 1. The van der Waals surface area contributed by atoms with E-state index < -0.39 is 11.5 Å². The normalized spacial score (nSPS) is 13.0. The SMILES string of the molecule is CCCOC(=O)c1ccc(-n2c3c(cc(C#N)c2=O)C(=O)CCC3)cc1. The number of nitriles is 1. The molecule has 3 rings (SSSR count). The number of carbonyl (C=O) groups excluding carboxylic acids is 2. The topological polar surface area (TPSA) is 89.2 Å². The summed E-state index contributed by atoms with van der Waals surface area (Å²) in [5, 5.41) is 9.24. The van der Waals surface area contributed by atoms with Crippen LogP contribution in [0.15, 0.2) is 35.1 Å². The van der Waals surface area contributed by atoms with Gasteiger partial charge in [-0.25, -0.2) is 4.79 Å². The Morgan fingerprint density at radius 3 is 2.62 bits per heavy atom. The van der Waals surface area contributed by atoms with Crippen LogP contribution in [0.4, 0.5) is 0 Å². The van der Waals surface area contributed by atoms with Crippen molar-refractivity contribution in [2.75, 3.05) is 6.61 Å². The highest BCUT2D eigenvalue weighted by atomic mass is 16.5. The van der Waals surface area contributed by atoms with Crippen molar-refractivity contribution in [1.29, 1.82) is 5.26 Å². The van der Waals surface area contributed by atoms with Crippen molar-refractivity contribution in [1.82, 2.24) is 4.57 Å². The van der Waals surface area contributed by atoms with Gasteiger partial charge in [0.25, 0.3) is 5.56 Å². The number of hydrogen-bond acceptors (Lipinski definition) is 5. The zero-order valence-electron chi connectivity index (χ0n) is 14.4. The first-order valence-electron chi connectivity index (χ1n) is 8.56. The minimum atomic E-state index is -0.456. The maximum atomic E-state index is 12.7. The zero-order valence-corrected chi connectivity index (χ0v) is 14.4. The Morgan fingerprint density at radius 2 is 1.96 bits per heavy atom. The molecule has 1 aromatic carbocycles. The van der Waals surface area contributed by atoms with E-state index >= 15 is 0 Å². The molecule has 132 valence electrons. The van der Waals surface area contributed by atoms with Crippen LogP contribution < -0.4 is 5.56 Å². The van der Waals surface area contributed by atoms with Crippen LogP contribution in [0, 0.1) is 11.3 Å². The molecule has 1 heterocycles. The Morgan fingerprint density at radius 1 is 1.23 bits per heavy atom. The third kappa shape index (κ3) is 3.16. The number of Topliss-reactive ketones (excluding diaryl/α,β-unsaturated/α-hetero) is 1. The first kappa shape index (κ1) is 17.6. The van der Waals surface area contributed by atoms with Gasteiger partial charge in [-0.1, -0.05) is 6.92 Å². The average Bonchev–Trinajstić information content (AvgIpc) is 2.66. The van der Waals surface area contributed by atoms with Crippen LogP contribution in [-0.4, -0.2) is 22.9 Å². The molecular formula is C20H18N2O4. The summed E-state index contributed by atoms with van der Waals surface area (Å²) in [5.74, 6) is -0.481. The molecule has 0 amide bonds. The van der Waals surface area contributed by atoms with E-state index in [1.54, 1.807) is 24.3 Å². The molecule has 26 heavy (non-hydrogen) atoms. The van der Waals surface area contributed by atoms with E-state index in [-0.39, 0.29) is 11.3 Å². The number of rotatable bonds is 4. The fraction of sp³-hybridized carbons (Fsp3) is 0.300. The number of ketones is 1. The molecule has 1 aliphatic carbocycles. The molecule has 6 nitrogen and oxygen atoms in total. The molecule has 0 bridgehead atoms. The second-order valence-electron chi connectivity index (χ2n) is 6.13. The first-order valence-corrected chi connectivity index (χ1v) is 8.56. The van der Waals surface area contributed by atoms with Gasteiger partial charge in [0.15, 0.2) is 5.78 Å². The van der Waals surface area contributed by atoms with E-state index in [1.807, 2.05) is 13.0 Å². The summed E-state index contributed by atoms with van der Waals surface area (Å²) in [7, 11) is 0. The lowest BCUT2D eigenvalue weighted by Crippen LogP contribution is -2.29. The van der Waals surface area contributed by atoms with Crippen LogP contribution in [0.25, 0.3) is 5.69 Å². The summed E-state index contributed by atoms with van der Waals surface area (Å²) < 4.78 is 6.50. The predicted octanol–water partition coefficient (Wildman–Crippen LogP) is 2.79. The minimum absolute atomic E-state index is 0.0590. The van der Waals surface area contributed by atoms with Crippen LogP contribution in [0.2, 0.25) is 0 Å². The lowest BCUT2D eigenvalue weighted by molar-refractivity contribution is 0.0505. The Labute approximate surface area is 150 Å². The maximum absolute atomic E-state index is 12.7. The number of fused-ring (bicyclic) bond motifs is 1. The summed E-state index contributed by atoms with van der Waals surface area (Å²) in [6.07, 6.45) is 2.40. The van der Waals surface area contributed by atoms with Gasteiger partial charge in [-0.3, -0.25) is 14.2 Å². The molecule has 1 aliphatic rings. The average molecular weight is 350 g/mol. The number of aromatic nitrogens is 1. The third-order valence-corrected chi connectivity index (χ3v) is 4.34. The largest absolute Gasteiger partial charge is 0.462 e. The van der Waals surface area contributed by atoms with Crippen molar-refractivity contribution < 1.29 is 14.3 Å². The minimum Gasteiger partial charge on any atom is -0.462 e. The fourth-order valence-electron chi connectivity index (χ4n) is 3.07. The molecule has 0 N–H and O–H groups in total. The number of hydrogen-bond donors (Lipinski definition) is 0. The number of pyridine rings is 1. The number of carbonyl (C=O) groups is 2. The third-order valence-electron chi connectivity index (χ3n) is 4.34. The second kappa shape index (κ2) is 7.36. The van der Waals surface area contributed by atoms with E-state index in [2.05, 4.69) is 0 Å². The summed E-state index contributed by atoms with van der Waals surface area (Å²) in [4.78, 5) is 36.8. The highest BCUT2D eigenvalue weighted by Gasteiger charge is 2.24. The molecule has 0 fully saturated rings. The van der Waals surface area contributed by atoms with Crippen LogP contribution >= 0.6 is 0 Å². The molecule has 0 aliphatic heterocycles. The molecule has 0 spiro atoms. The maximum Gasteiger partial charge on any atom is 0.338 e. The van der Waals surface area contributed by atoms with E-state index in [9.17, 15) is 19.6 Å². The van der Waals surface area contributed by atoms with E-state index in [0.717, 1.165) is 6.42 Å². The molecule has 1 aromatic heterocycles. The monoisotopic (exact) mass is 350 g/mol. The fourth-order valence-corrected chi connectivity index (χ4v) is 3.07. The zero-order chi connectivity index (χ0) is 18.7. The summed E-state index contributed by atoms with van der Waals surface area (Å²) in [6.45, 7) is 2.26. The van der Waals surface area contributed by atoms with Gasteiger partial charge in [0.1, 0.15) is 11.6 Å². The Bertz CT molecular complexity index is 965. The van der Waals surface area contributed by atoms with Crippen molar-refractivity contribution in [2.24, 2.45) is 0 Å². The first-order chi connectivity index (χ1) is 12.6. The molecule has 6 heteroatoms. The summed E-state index contributed by atoms with van der Waals surface area (Å²) in [6, 6.07) is 9.68. The van der Waals surface area contributed by atoms with E-state index in [4.69, 9.17) is 4.74 Å². The van der Waals surface area contributed by atoms with Gasteiger partial charge in [-0.05, 0) is 49.6 Å². The quantitative estimate of drug-likeness (QED) is 0.791. The Balaban J connectivity index is 2.08. The lowest BCUT2D eigenvalue weighted by Gasteiger charge is -2.20. The van der Waals surface area contributed by atoms with Crippen molar-refractivity contribution in [3.8, 4) is 11.8 Å². The molecular weight excluding hydrogens is 332 g/mol. The highest BCUT2D eigenvalue weighted by molar-refractivity contribution is 5.98.